The smallest absolute Gasteiger partial charge is 0.0540 e. The van der Waals surface area contributed by atoms with Crippen LogP contribution in [0.3, 0.4) is 0 Å². The fourth-order valence-electron chi connectivity index (χ4n) is 9.16. The van der Waals surface area contributed by atoms with Crippen molar-refractivity contribution in [3.8, 4) is 44.5 Å². The number of benzene rings is 10. The lowest BCUT2D eigenvalue weighted by Gasteiger charge is -2.28. The third kappa shape index (κ3) is 6.21. The van der Waals surface area contributed by atoms with Gasteiger partial charge < -0.3 is 4.90 Å². The highest BCUT2D eigenvalue weighted by Gasteiger charge is 2.20. The van der Waals surface area contributed by atoms with E-state index in [2.05, 4.69) is 229 Å². The Morgan fingerprint density at radius 2 is 0.803 bits per heavy atom. The monoisotopic (exact) mass is 811 g/mol. The molecule has 61 heavy (non-hydrogen) atoms. The second-order valence-corrected chi connectivity index (χ2v) is 17.8. The summed E-state index contributed by atoms with van der Waals surface area (Å²) in [6, 6.07) is 82.5. The van der Waals surface area contributed by atoms with Crippen LogP contribution in [0.5, 0.6) is 0 Å². The van der Waals surface area contributed by atoms with Crippen molar-refractivity contribution in [3.63, 3.8) is 0 Å². The van der Waals surface area contributed by atoms with Crippen LogP contribution in [0.2, 0.25) is 0 Å². The number of nitrogens with zero attached hydrogens (tertiary/aromatic N) is 1. The van der Waals surface area contributed by atoms with Crippen molar-refractivity contribution in [1.29, 1.82) is 0 Å². The van der Waals surface area contributed by atoms with E-state index in [1.165, 1.54) is 95.6 Å². The molecule has 0 aliphatic heterocycles. The van der Waals surface area contributed by atoms with Crippen molar-refractivity contribution >= 4 is 90.9 Å². The van der Waals surface area contributed by atoms with Gasteiger partial charge in [-0.1, -0.05) is 164 Å². The van der Waals surface area contributed by atoms with Gasteiger partial charge in [-0.25, -0.2) is 0 Å². The van der Waals surface area contributed by atoms with E-state index in [0.29, 0.717) is 0 Å². The molecule has 3 heteroatoms. The summed E-state index contributed by atoms with van der Waals surface area (Å²) >= 11 is 3.73. The van der Waals surface area contributed by atoms with Crippen LogP contribution in [0, 0.1) is 0 Å². The maximum Gasteiger partial charge on any atom is 0.0540 e. The molecule has 0 aliphatic rings. The molecular weight excluding hydrogens is 775 g/mol. The van der Waals surface area contributed by atoms with Crippen LogP contribution in [0.15, 0.2) is 224 Å². The molecule has 10 aromatic carbocycles. The zero-order chi connectivity index (χ0) is 40.3. The van der Waals surface area contributed by atoms with E-state index in [9.17, 15) is 0 Å². The third-order valence-electron chi connectivity index (χ3n) is 12.1. The maximum absolute atomic E-state index is 2.43. The minimum Gasteiger partial charge on any atom is -0.310 e. The highest BCUT2D eigenvalue weighted by Crippen LogP contribution is 2.47. The summed E-state index contributed by atoms with van der Waals surface area (Å²) in [6.07, 6.45) is 0. The Morgan fingerprint density at radius 1 is 0.279 bits per heavy atom. The number of hydrogen-bond acceptors (Lipinski definition) is 3. The quantitative estimate of drug-likeness (QED) is 0.155. The molecule has 0 N–H and O–H groups in total. The van der Waals surface area contributed by atoms with Gasteiger partial charge in [0, 0.05) is 57.3 Å². The summed E-state index contributed by atoms with van der Waals surface area (Å²) < 4.78 is 5.25. The molecule has 0 bridgehead atoms. The molecule has 1 nitrogen and oxygen atoms in total. The standard InChI is InChI=1S/C58H37NS2/c1-2-13-41-36-43(25-24-38(41)12-1)47-15-4-3-14-46(47)40-28-33-45(34-29-40)59(44-31-26-39(27-32-44)42-30-35-50-49-17-6-9-21-54(49)61-57(50)37-42)53-20-8-5-16-48(53)51-19-11-23-56-58(51)52-18-7-10-22-55(52)60-56/h1-37H. The Morgan fingerprint density at radius 3 is 1.59 bits per heavy atom. The van der Waals surface area contributed by atoms with Gasteiger partial charge in [-0.15, -0.1) is 22.7 Å². The van der Waals surface area contributed by atoms with Crippen molar-refractivity contribution in [2.45, 2.75) is 0 Å². The first-order valence-electron chi connectivity index (χ1n) is 20.7. The Labute approximate surface area is 362 Å². The second-order valence-electron chi connectivity index (χ2n) is 15.6. The van der Waals surface area contributed by atoms with E-state index in [1.54, 1.807) is 0 Å². The summed E-state index contributed by atoms with van der Waals surface area (Å²) in [5.41, 5.74) is 13.0. The van der Waals surface area contributed by atoms with Crippen LogP contribution in [0.1, 0.15) is 0 Å². The molecule has 0 radical (unpaired) electrons. The van der Waals surface area contributed by atoms with Gasteiger partial charge in [-0.2, -0.15) is 0 Å². The van der Waals surface area contributed by atoms with Crippen molar-refractivity contribution in [2.24, 2.45) is 0 Å². The van der Waals surface area contributed by atoms with E-state index < -0.39 is 0 Å². The molecule has 0 atom stereocenters. The molecule has 2 aromatic heterocycles. The molecule has 286 valence electrons. The van der Waals surface area contributed by atoms with Gasteiger partial charge in [0.2, 0.25) is 0 Å². The van der Waals surface area contributed by atoms with Gasteiger partial charge >= 0.3 is 0 Å². The largest absolute Gasteiger partial charge is 0.310 e. The summed E-state index contributed by atoms with van der Waals surface area (Å²) in [4.78, 5) is 2.43. The second kappa shape index (κ2) is 14.8. The van der Waals surface area contributed by atoms with Crippen LogP contribution in [-0.2, 0) is 0 Å². The van der Waals surface area contributed by atoms with Crippen LogP contribution < -0.4 is 4.90 Å². The summed E-state index contributed by atoms with van der Waals surface area (Å²) in [7, 11) is 0. The van der Waals surface area contributed by atoms with E-state index in [4.69, 9.17) is 0 Å². The number of anilines is 3. The normalized spacial score (nSPS) is 11.6. The average Bonchev–Trinajstić information content (AvgIpc) is 3.90. The van der Waals surface area contributed by atoms with Crippen LogP contribution >= 0.6 is 22.7 Å². The Balaban J connectivity index is 0.988. The zero-order valence-corrected chi connectivity index (χ0v) is 34.8. The fourth-order valence-corrected chi connectivity index (χ4v) is 11.4. The van der Waals surface area contributed by atoms with E-state index in [-0.39, 0.29) is 0 Å². The summed E-state index contributed by atoms with van der Waals surface area (Å²) in [6.45, 7) is 0. The number of fused-ring (bicyclic) bond motifs is 7. The van der Waals surface area contributed by atoms with Gasteiger partial charge in [0.05, 0.1) is 5.69 Å². The lowest BCUT2D eigenvalue weighted by molar-refractivity contribution is 1.28. The molecule has 0 saturated carbocycles. The van der Waals surface area contributed by atoms with Crippen molar-refractivity contribution in [3.05, 3.63) is 224 Å². The molecule has 12 rings (SSSR count). The van der Waals surface area contributed by atoms with Gasteiger partial charge in [-0.05, 0) is 110 Å². The highest BCUT2D eigenvalue weighted by molar-refractivity contribution is 7.26. The molecule has 0 aliphatic carbocycles. The average molecular weight is 812 g/mol. The van der Waals surface area contributed by atoms with Gasteiger partial charge in [0.1, 0.15) is 0 Å². The summed E-state index contributed by atoms with van der Waals surface area (Å²) in [5, 5.41) is 7.75. The lowest BCUT2D eigenvalue weighted by Crippen LogP contribution is -2.11. The third-order valence-corrected chi connectivity index (χ3v) is 14.4. The SMILES string of the molecule is c1ccc(-c2ccc3ccccc3c2)c(-c2ccc(N(c3ccc(-c4ccc5c(c4)sc4ccccc45)cc3)c3ccccc3-c3cccc4sc5ccccc5c34)cc2)c1. The highest BCUT2D eigenvalue weighted by atomic mass is 32.1. The first kappa shape index (κ1) is 35.6. The zero-order valence-electron chi connectivity index (χ0n) is 33.1. The van der Waals surface area contributed by atoms with Crippen LogP contribution in [0.25, 0.3) is 95.6 Å². The molecule has 0 amide bonds. The minimum absolute atomic E-state index is 1.10. The van der Waals surface area contributed by atoms with Crippen LogP contribution in [-0.4, -0.2) is 0 Å². The van der Waals surface area contributed by atoms with Gasteiger partial charge in [-0.3, -0.25) is 0 Å². The number of para-hydroxylation sites is 1. The Hall–Kier alpha value is -7.30. The van der Waals surface area contributed by atoms with Crippen LogP contribution in [0.4, 0.5) is 17.1 Å². The molecule has 0 spiro atoms. The number of thiophene rings is 2. The number of hydrogen-bond donors (Lipinski definition) is 0. The molecule has 0 unspecified atom stereocenters. The predicted octanol–water partition coefficient (Wildman–Crippen LogP) is 17.7. The molecule has 2 heterocycles. The van der Waals surface area contributed by atoms with Crippen molar-refractivity contribution in [2.75, 3.05) is 4.90 Å². The van der Waals surface area contributed by atoms with E-state index in [0.717, 1.165) is 17.1 Å². The maximum atomic E-state index is 2.43. The molecule has 12 aromatic rings. The first-order chi connectivity index (χ1) is 30.2. The Kier molecular flexibility index (Phi) is 8.62. The molecule has 0 saturated heterocycles. The van der Waals surface area contributed by atoms with E-state index in [1.807, 2.05) is 22.7 Å². The fraction of sp³-hybridized carbons (Fsp3) is 0. The van der Waals surface area contributed by atoms with Crippen molar-refractivity contribution < 1.29 is 0 Å². The van der Waals surface area contributed by atoms with Gasteiger partial charge in [0.25, 0.3) is 0 Å². The predicted molar refractivity (Wildman–Crippen MR) is 266 cm³/mol. The lowest BCUT2D eigenvalue weighted by atomic mass is 9.93. The topological polar surface area (TPSA) is 3.24 Å². The number of rotatable bonds is 7. The first-order valence-corrected chi connectivity index (χ1v) is 22.4. The van der Waals surface area contributed by atoms with Crippen molar-refractivity contribution in [1.82, 2.24) is 0 Å². The molecular formula is C58H37NS2. The minimum atomic E-state index is 1.10. The Bertz CT molecular complexity index is 3590. The summed E-state index contributed by atoms with van der Waals surface area (Å²) in [5.74, 6) is 0. The molecule has 0 fully saturated rings. The van der Waals surface area contributed by atoms with E-state index >= 15 is 0 Å². The van der Waals surface area contributed by atoms with Gasteiger partial charge in [0.15, 0.2) is 0 Å².